The highest BCUT2D eigenvalue weighted by molar-refractivity contribution is 7.45. The number of esters is 2. The van der Waals surface area contributed by atoms with Crippen LogP contribution >= 0.6 is 7.82 Å². The van der Waals surface area contributed by atoms with Crippen molar-refractivity contribution in [2.45, 2.75) is 174 Å². The number of hydrogen-bond donors (Lipinski definition) is 0. The maximum Gasteiger partial charge on any atom is 0.306 e. The lowest BCUT2D eigenvalue weighted by Gasteiger charge is -2.28. The topological polar surface area (TPSA) is 111 Å². The highest BCUT2D eigenvalue weighted by Crippen LogP contribution is 2.38. The van der Waals surface area contributed by atoms with Crippen LogP contribution in [0.3, 0.4) is 0 Å². The standard InChI is InChI=1S/C52H88NO8P/c1-6-8-10-12-14-16-18-20-22-23-24-25-26-27-28-29-31-33-35-37-39-41-43-45-52(55)61-50(49-60-62(56,57)59-47-46-53(3,4)5)48-58-51(54)44-42-40-38-36-34-32-30-21-19-17-15-13-11-9-7-2/h8,10,14,16,20-22,24-25,27-28,30-31,33,37,39,50H,6-7,9,11-13,15,17-19,23,26,29,32,34-36,38,40-49H2,1-5H3/b10-8-,16-14-,22-20-,25-24-,28-27-,30-21-,33-31-,39-37-. The molecule has 2 unspecified atom stereocenters. The van der Waals surface area contributed by atoms with Gasteiger partial charge in [-0.25, -0.2) is 0 Å². The molecule has 0 saturated carbocycles. The minimum absolute atomic E-state index is 0.0483. The molecular formula is C52H88NO8P. The van der Waals surface area contributed by atoms with Crippen molar-refractivity contribution in [3.63, 3.8) is 0 Å². The number of allylic oxidation sites excluding steroid dienone is 16. The molecule has 0 N–H and O–H groups in total. The van der Waals surface area contributed by atoms with Gasteiger partial charge in [0.05, 0.1) is 27.7 Å². The number of ether oxygens (including phenoxy) is 2. The molecule has 0 aliphatic rings. The van der Waals surface area contributed by atoms with E-state index in [1.807, 2.05) is 27.2 Å². The molecule has 0 aliphatic carbocycles. The summed E-state index contributed by atoms with van der Waals surface area (Å²) in [6, 6.07) is 0. The first-order chi connectivity index (χ1) is 30.0. The van der Waals surface area contributed by atoms with E-state index < -0.39 is 32.5 Å². The van der Waals surface area contributed by atoms with Crippen molar-refractivity contribution in [1.82, 2.24) is 0 Å². The third-order valence-electron chi connectivity index (χ3n) is 9.59. The van der Waals surface area contributed by atoms with E-state index in [1.165, 1.54) is 44.9 Å². The van der Waals surface area contributed by atoms with Gasteiger partial charge < -0.3 is 27.9 Å². The zero-order valence-electron chi connectivity index (χ0n) is 39.8. The Balaban J connectivity index is 4.45. The first kappa shape index (κ1) is 58.9. The van der Waals surface area contributed by atoms with E-state index in [1.54, 1.807) is 0 Å². The number of carbonyl (C=O) groups excluding carboxylic acids is 2. The molecule has 0 saturated heterocycles. The Bertz CT molecular complexity index is 1370. The lowest BCUT2D eigenvalue weighted by molar-refractivity contribution is -0.870. The Morgan fingerprint density at radius 3 is 1.44 bits per heavy atom. The van der Waals surface area contributed by atoms with Gasteiger partial charge in [-0.05, 0) is 89.9 Å². The fourth-order valence-corrected chi connectivity index (χ4v) is 6.60. The van der Waals surface area contributed by atoms with Gasteiger partial charge in [0.1, 0.15) is 19.8 Å². The average Bonchev–Trinajstić information content (AvgIpc) is 3.23. The highest BCUT2D eigenvalue weighted by Gasteiger charge is 2.21. The summed E-state index contributed by atoms with van der Waals surface area (Å²) in [5.74, 6) is -0.922. The van der Waals surface area contributed by atoms with E-state index in [0.29, 0.717) is 30.3 Å². The zero-order valence-corrected chi connectivity index (χ0v) is 40.7. The van der Waals surface area contributed by atoms with Crippen molar-refractivity contribution in [3.8, 4) is 0 Å². The normalized spacial score (nSPS) is 14.4. The molecule has 0 heterocycles. The van der Waals surface area contributed by atoms with Crippen molar-refractivity contribution < 1.29 is 42.1 Å². The molecule has 10 heteroatoms. The van der Waals surface area contributed by atoms with Crippen molar-refractivity contribution in [3.05, 3.63) is 97.2 Å². The minimum Gasteiger partial charge on any atom is -0.756 e. The molecule has 0 aromatic heterocycles. The number of likely N-dealkylation sites (N-methyl/N-ethyl adjacent to an activating group) is 1. The van der Waals surface area contributed by atoms with E-state index >= 15 is 0 Å². The fourth-order valence-electron chi connectivity index (χ4n) is 5.87. The van der Waals surface area contributed by atoms with Gasteiger partial charge >= 0.3 is 11.9 Å². The van der Waals surface area contributed by atoms with Crippen molar-refractivity contribution in [2.75, 3.05) is 47.5 Å². The molecule has 0 radical (unpaired) electrons. The van der Waals surface area contributed by atoms with Crippen LogP contribution in [0, 0.1) is 0 Å². The lowest BCUT2D eigenvalue weighted by atomic mass is 10.1. The largest absolute Gasteiger partial charge is 0.756 e. The summed E-state index contributed by atoms with van der Waals surface area (Å²) in [6.07, 6.45) is 57.3. The summed E-state index contributed by atoms with van der Waals surface area (Å²) in [5.41, 5.74) is 0. The molecule has 0 aromatic rings. The second-order valence-corrected chi connectivity index (χ2v) is 18.1. The number of unbranched alkanes of at least 4 members (excludes halogenated alkanes) is 12. The van der Waals surface area contributed by atoms with Crippen LogP contribution in [-0.2, 0) is 32.7 Å². The van der Waals surface area contributed by atoms with E-state index in [0.717, 1.165) is 77.0 Å². The van der Waals surface area contributed by atoms with E-state index in [4.69, 9.17) is 18.5 Å². The predicted octanol–water partition coefficient (Wildman–Crippen LogP) is 13.5. The van der Waals surface area contributed by atoms with Gasteiger partial charge in [-0.1, -0.05) is 162 Å². The summed E-state index contributed by atoms with van der Waals surface area (Å²) >= 11 is 0. The van der Waals surface area contributed by atoms with Gasteiger partial charge in [0.2, 0.25) is 0 Å². The molecule has 0 fully saturated rings. The Hall–Kier alpha value is -3.07. The van der Waals surface area contributed by atoms with Crippen molar-refractivity contribution >= 4 is 19.8 Å². The van der Waals surface area contributed by atoms with E-state index in [-0.39, 0.29) is 26.1 Å². The third-order valence-corrected chi connectivity index (χ3v) is 10.6. The molecule has 0 aliphatic heterocycles. The second kappa shape index (κ2) is 43.2. The van der Waals surface area contributed by atoms with Gasteiger partial charge in [-0.3, -0.25) is 14.2 Å². The molecule has 9 nitrogen and oxygen atoms in total. The van der Waals surface area contributed by atoms with Crippen LogP contribution in [0.4, 0.5) is 0 Å². The molecule has 0 spiro atoms. The Kier molecular flexibility index (Phi) is 41.1. The zero-order chi connectivity index (χ0) is 45.7. The maximum atomic E-state index is 12.7. The summed E-state index contributed by atoms with van der Waals surface area (Å²) in [5, 5.41) is 0. The molecule has 2 atom stereocenters. The van der Waals surface area contributed by atoms with Gasteiger partial charge in [-0.15, -0.1) is 0 Å². The van der Waals surface area contributed by atoms with Crippen LogP contribution in [0.1, 0.15) is 168 Å². The van der Waals surface area contributed by atoms with Crippen LogP contribution in [-0.4, -0.2) is 70.0 Å². The number of hydrogen-bond acceptors (Lipinski definition) is 8. The summed E-state index contributed by atoms with van der Waals surface area (Å²) in [6.45, 7) is 4.01. The van der Waals surface area contributed by atoms with E-state index in [2.05, 4.69) is 105 Å². The fraction of sp³-hybridized carbons (Fsp3) is 0.654. The third kappa shape index (κ3) is 46.4. The number of rotatable bonds is 42. The molecular weight excluding hydrogens is 798 g/mol. The number of phosphoric ester groups is 1. The molecule has 0 bridgehead atoms. The summed E-state index contributed by atoms with van der Waals surface area (Å²) < 4.78 is 33.9. The van der Waals surface area contributed by atoms with Crippen molar-refractivity contribution in [1.29, 1.82) is 0 Å². The van der Waals surface area contributed by atoms with Gasteiger partial charge in [-0.2, -0.15) is 0 Å². The monoisotopic (exact) mass is 886 g/mol. The van der Waals surface area contributed by atoms with Crippen LogP contribution in [0.5, 0.6) is 0 Å². The summed E-state index contributed by atoms with van der Waals surface area (Å²) in [7, 11) is 1.11. The van der Waals surface area contributed by atoms with Crippen molar-refractivity contribution in [2.24, 2.45) is 0 Å². The average molecular weight is 886 g/mol. The molecule has 0 amide bonds. The molecule has 0 aromatic carbocycles. The van der Waals surface area contributed by atoms with Crippen LogP contribution < -0.4 is 4.89 Å². The number of quaternary nitrogens is 1. The Labute approximate surface area is 379 Å². The first-order valence-corrected chi connectivity index (χ1v) is 25.4. The number of nitrogens with zero attached hydrogens (tertiary/aromatic N) is 1. The lowest BCUT2D eigenvalue weighted by Crippen LogP contribution is -2.37. The Morgan fingerprint density at radius 1 is 0.516 bits per heavy atom. The highest BCUT2D eigenvalue weighted by atomic mass is 31.2. The molecule has 0 rings (SSSR count). The minimum atomic E-state index is -4.65. The molecule has 354 valence electrons. The second-order valence-electron chi connectivity index (χ2n) is 16.7. The van der Waals surface area contributed by atoms with Crippen LogP contribution in [0.15, 0.2) is 97.2 Å². The number of carbonyl (C=O) groups is 2. The van der Waals surface area contributed by atoms with Gasteiger partial charge in [0.15, 0.2) is 6.10 Å². The van der Waals surface area contributed by atoms with E-state index in [9.17, 15) is 19.0 Å². The summed E-state index contributed by atoms with van der Waals surface area (Å²) in [4.78, 5) is 37.6. The van der Waals surface area contributed by atoms with Gasteiger partial charge in [0, 0.05) is 12.8 Å². The molecule has 62 heavy (non-hydrogen) atoms. The first-order valence-electron chi connectivity index (χ1n) is 23.9. The van der Waals surface area contributed by atoms with Crippen LogP contribution in [0.2, 0.25) is 0 Å². The SMILES string of the molecule is CC/C=C\C/C=C\C/C=C\C/C=C\C/C=C\C/C=C\C/C=C\CCCC(=O)OC(COC(=O)CCCCCCC/C=C\CCCCCCCC)COP(=O)([O-])OCC[N+](C)(C)C. The van der Waals surface area contributed by atoms with Crippen LogP contribution in [0.25, 0.3) is 0 Å². The Morgan fingerprint density at radius 2 is 0.935 bits per heavy atom. The predicted molar refractivity (Wildman–Crippen MR) is 259 cm³/mol. The van der Waals surface area contributed by atoms with Gasteiger partial charge in [0.25, 0.3) is 7.82 Å². The smallest absolute Gasteiger partial charge is 0.306 e. The quantitative estimate of drug-likeness (QED) is 0.0196. The number of phosphoric acid groups is 1. The maximum absolute atomic E-state index is 12.7.